The van der Waals surface area contributed by atoms with E-state index in [-0.39, 0.29) is 5.91 Å². The topological polar surface area (TPSA) is 63.4 Å². The van der Waals surface area contributed by atoms with E-state index in [2.05, 4.69) is 18.2 Å². The molecule has 3 aromatic rings. The van der Waals surface area contributed by atoms with Crippen molar-refractivity contribution in [3.05, 3.63) is 87.9 Å². The summed E-state index contributed by atoms with van der Waals surface area (Å²) in [5.41, 5.74) is 12.3. The van der Waals surface area contributed by atoms with E-state index in [0.29, 0.717) is 17.1 Å². The van der Waals surface area contributed by atoms with Crippen LogP contribution in [0.2, 0.25) is 5.02 Å². The van der Waals surface area contributed by atoms with Crippen molar-refractivity contribution in [1.82, 2.24) is 0 Å². The number of amides is 2. The molecular formula is C24H21ClN2O2. The number of rotatable bonds is 2. The normalized spacial score (nSPS) is 13.1. The highest BCUT2D eigenvalue weighted by molar-refractivity contribution is 6.30. The maximum Gasteiger partial charge on any atom is 0.248 e. The zero-order chi connectivity index (χ0) is 20.5. The van der Waals surface area contributed by atoms with Gasteiger partial charge in [0.25, 0.3) is 0 Å². The van der Waals surface area contributed by atoms with Crippen molar-refractivity contribution in [2.75, 3.05) is 4.90 Å². The van der Waals surface area contributed by atoms with Gasteiger partial charge in [-0.25, -0.2) is 0 Å². The third-order valence-corrected chi connectivity index (χ3v) is 5.65. The molecule has 4 nitrogen and oxygen atoms in total. The van der Waals surface area contributed by atoms with E-state index >= 15 is 0 Å². The van der Waals surface area contributed by atoms with Crippen LogP contribution in [0.1, 0.15) is 34.0 Å². The summed E-state index contributed by atoms with van der Waals surface area (Å²) in [6, 6.07) is 19.3. The number of benzene rings is 3. The van der Waals surface area contributed by atoms with Gasteiger partial charge in [0.15, 0.2) is 0 Å². The molecule has 2 amide bonds. The lowest BCUT2D eigenvalue weighted by molar-refractivity contribution is -0.116. The first-order valence-electron chi connectivity index (χ1n) is 9.51. The van der Waals surface area contributed by atoms with Crippen molar-refractivity contribution in [3.8, 4) is 11.1 Å². The van der Waals surface area contributed by atoms with Crippen LogP contribution in [0.25, 0.3) is 11.1 Å². The average Bonchev–Trinajstić information content (AvgIpc) is 2.69. The molecule has 0 saturated heterocycles. The Labute approximate surface area is 174 Å². The van der Waals surface area contributed by atoms with E-state index in [0.717, 1.165) is 40.8 Å². The molecule has 0 fully saturated rings. The molecule has 146 valence electrons. The quantitative estimate of drug-likeness (QED) is 0.669. The Kier molecular flexibility index (Phi) is 5.12. The van der Waals surface area contributed by atoms with Gasteiger partial charge in [-0.15, -0.1) is 0 Å². The third-order valence-electron chi connectivity index (χ3n) is 5.41. The number of halogens is 1. The van der Waals surface area contributed by atoms with E-state index in [1.54, 1.807) is 19.1 Å². The third kappa shape index (κ3) is 3.89. The molecule has 0 atom stereocenters. The van der Waals surface area contributed by atoms with E-state index in [4.69, 9.17) is 17.3 Å². The molecule has 4 rings (SSSR count). The highest BCUT2D eigenvalue weighted by Crippen LogP contribution is 2.32. The summed E-state index contributed by atoms with van der Waals surface area (Å²) < 4.78 is 0. The lowest BCUT2D eigenvalue weighted by atomic mass is 9.92. The number of nitrogens with two attached hydrogens (primary N) is 1. The summed E-state index contributed by atoms with van der Waals surface area (Å²) in [6.07, 6.45) is 1.67. The van der Waals surface area contributed by atoms with Crippen LogP contribution in [-0.2, 0) is 24.2 Å². The Morgan fingerprint density at radius 2 is 1.55 bits per heavy atom. The maximum absolute atomic E-state index is 12.4. The van der Waals surface area contributed by atoms with Crippen molar-refractivity contribution in [2.24, 2.45) is 5.73 Å². The number of hydrogen-bond acceptors (Lipinski definition) is 2. The van der Waals surface area contributed by atoms with Gasteiger partial charge in [0.2, 0.25) is 11.8 Å². The Morgan fingerprint density at radius 1 is 0.862 bits per heavy atom. The van der Waals surface area contributed by atoms with Gasteiger partial charge in [-0.1, -0.05) is 41.9 Å². The fraction of sp³-hybridized carbons (Fsp3) is 0.167. The minimum atomic E-state index is -0.434. The molecule has 0 aromatic heterocycles. The molecule has 5 heteroatoms. The molecule has 0 radical (unpaired) electrons. The fourth-order valence-electron chi connectivity index (χ4n) is 3.84. The van der Waals surface area contributed by atoms with Gasteiger partial charge in [-0.05, 0) is 71.0 Å². The number of anilines is 1. The largest absolute Gasteiger partial charge is 0.366 e. The molecule has 1 heterocycles. The van der Waals surface area contributed by atoms with Crippen LogP contribution in [0.15, 0.2) is 60.7 Å². The average molecular weight is 405 g/mol. The molecule has 0 bridgehead atoms. The molecule has 1 aliphatic rings. The minimum absolute atomic E-state index is 0.00698. The molecule has 0 unspecified atom stereocenters. The number of primary amides is 1. The number of hydrogen-bond donors (Lipinski definition) is 1. The number of carbonyl (C=O) groups excluding carboxylic acids is 2. The monoisotopic (exact) mass is 404 g/mol. The first kappa shape index (κ1) is 19.2. The summed E-state index contributed by atoms with van der Waals surface area (Å²) in [6.45, 7) is 2.12. The van der Waals surface area contributed by atoms with Crippen LogP contribution in [0.3, 0.4) is 0 Å². The van der Waals surface area contributed by atoms with Crippen molar-refractivity contribution < 1.29 is 9.59 Å². The summed E-state index contributed by atoms with van der Waals surface area (Å²) in [5.74, 6) is -0.427. The van der Waals surface area contributed by atoms with E-state index < -0.39 is 5.91 Å². The first-order valence-corrected chi connectivity index (χ1v) is 9.89. The smallest absolute Gasteiger partial charge is 0.248 e. The second-order valence-electron chi connectivity index (χ2n) is 7.30. The van der Waals surface area contributed by atoms with E-state index in [1.165, 1.54) is 5.56 Å². The van der Waals surface area contributed by atoms with Crippen LogP contribution in [0, 0.1) is 0 Å². The standard InChI is InChI=1S/C24H21ClN2O2/c1-15(28)27-14-21-9-7-18(16-2-4-17(5-3-16)24(26)29)12-19(21)6-8-20-13-22(25)10-11-23(20)27/h2-5,7,9-13H,6,8,14H2,1H3,(H2,26,29). The van der Waals surface area contributed by atoms with Crippen molar-refractivity contribution in [1.29, 1.82) is 0 Å². The molecule has 0 saturated carbocycles. The molecule has 0 spiro atoms. The van der Waals surface area contributed by atoms with Crippen LogP contribution < -0.4 is 10.6 Å². The lowest BCUT2D eigenvalue weighted by Crippen LogP contribution is -2.30. The van der Waals surface area contributed by atoms with Gasteiger partial charge in [-0.2, -0.15) is 0 Å². The predicted octanol–water partition coefficient (Wildman–Crippen LogP) is 4.76. The van der Waals surface area contributed by atoms with Gasteiger partial charge in [0, 0.05) is 23.2 Å². The molecular weight excluding hydrogens is 384 g/mol. The highest BCUT2D eigenvalue weighted by atomic mass is 35.5. The number of aryl methyl sites for hydroxylation is 2. The van der Waals surface area contributed by atoms with Gasteiger partial charge < -0.3 is 10.6 Å². The molecule has 2 N–H and O–H groups in total. The highest BCUT2D eigenvalue weighted by Gasteiger charge is 2.21. The minimum Gasteiger partial charge on any atom is -0.366 e. The lowest BCUT2D eigenvalue weighted by Gasteiger charge is -2.28. The van der Waals surface area contributed by atoms with Crippen molar-refractivity contribution >= 4 is 29.1 Å². The van der Waals surface area contributed by atoms with E-state index in [9.17, 15) is 9.59 Å². The predicted molar refractivity (Wildman–Crippen MR) is 116 cm³/mol. The van der Waals surface area contributed by atoms with Crippen LogP contribution in [0.5, 0.6) is 0 Å². The molecule has 0 aliphatic carbocycles. The van der Waals surface area contributed by atoms with Crippen molar-refractivity contribution in [2.45, 2.75) is 26.3 Å². The summed E-state index contributed by atoms with van der Waals surface area (Å²) >= 11 is 6.20. The van der Waals surface area contributed by atoms with Crippen LogP contribution in [0.4, 0.5) is 5.69 Å². The number of carbonyl (C=O) groups is 2. The SMILES string of the molecule is CC(=O)N1Cc2ccc(-c3ccc(C(N)=O)cc3)cc2CCc2cc(Cl)ccc21. The Bertz CT molecular complexity index is 1110. The maximum atomic E-state index is 12.4. The van der Waals surface area contributed by atoms with Gasteiger partial charge in [-0.3, -0.25) is 9.59 Å². The number of nitrogens with zero attached hydrogens (tertiary/aromatic N) is 1. The molecule has 3 aromatic carbocycles. The summed E-state index contributed by atoms with van der Waals surface area (Å²) in [7, 11) is 0. The first-order chi connectivity index (χ1) is 13.9. The Hall–Kier alpha value is -3.11. The second kappa shape index (κ2) is 7.72. The Balaban J connectivity index is 1.72. The molecule has 1 aliphatic heterocycles. The van der Waals surface area contributed by atoms with Crippen LogP contribution >= 0.6 is 11.6 Å². The van der Waals surface area contributed by atoms with Gasteiger partial charge in [0.05, 0.1) is 6.54 Å². The van der Waals surface area contributed by atoms with Crippen LogP contribution in [-0.4, -0.2) is 11.8 Å². The summed E-state index contributed by atoms with van der Waals surface area (Å²) in [4.78, 5) is 25.5. The van der Waals surface area contributed by atoms with E-state index in [1.807, 2.05) is 35.2 Å². The fourth-order valence-corrected chi connectivity index (χ4v) is 4.04. The Morgan fingerprint density at radius 3 is 2.24 bits per heavy atom. The molecule has 29 heavy (non-hydrogen) atoms. The van der Waals surface area contributed by atoms with Crippen molar-refractivity contribution in [3.63, 3.8) is 0 Å². The summed E-state index contributed by atoms with van der Waals surface area (Å²) in [5, 5.41) is 0.677. The second-order valence-corrected chi connectivity index (χ2v) is 7.74. The van der Waals surface area contributed by atoms with Gasteiger partial charge >= 0.3 is 0 Å². The zero-order valence-corrected chi connectivity index (χ0v) is 16.9. The zero-order valence-electron chi connectivity index (χ0n) is 16.1. The van der Waals surface area contributed by atoms with Gasteiger partial charge in [0.1, 0.15) is 0 Å². The number of fused-ring (bicyclic) bond motifs is 2.